The molecule has 0 amide bonds. The highest BCUT2D eigenvalue weighted by atomic mass is 32.1. The third-order valence-corrected chi connectivity index (χ3v) is 5.29. The number of hydrogen-bond acceptors (Lipinski definition) is 1. The molecule has 4 rings (SSSR count). The molecule has 1 aromatic heterocycles. The monoisotopic (exact) mass is 276 g/mol. The maximum Gasteiger partial charge on any atom is 0.0430 e. The van der Waals surface area contributed by atoms with Crippen molar-refractivity contribution in [1.29, 1.82) is 0 Å². The second kappa shape index (κ2) is 4.60. The first-order chi connectivity index (χ1) is 9.83. The van der Waals surface area contributed by atoms with Crippen molar-refractivity contribution in [2.24, 2.45) is 0 Å². The van der Waals surface area contributed by atoms with Gasteiger partial charge >= 0.3 is 0 Å². The standard InChI is InChI=1S/C19H16S/c1-13-9-11-14(12-10-13)15-6-4-7-17-16-5-2-3-8-18(16)20-19(15)17/h3-4,6-12H,2,5H2,1H3. The van der Waals surface area contributed by atoms with Crippen molar-refractivity contribution in [3.8, 4) is 11.1 Å². The summed E-state index contributed by atoms with van der Waals surface area (Å²) in [6, 6.07) is 15.6. The first kappa shape index (κ1) is 11.9. The van der Waals surface area contributed by atoms with Gasteiger partial charge in [0.1, 0.15) is 0 Å². The molecule has 0 unspecified atom stereocenters. The van der Waals surface area contributed by atoms with Gasteiger partial charge in [0.25, 0.3) is 0 Å². The fraction of sp³-hybridized carbons (Fsp3) is 0.158. The predicted molar refractivity (Wildman–Crippen MR) is 89.4 cm³/mol. The Morgan fingerprint density at radius 2 is 1.85 bits per heavy atom. The van der Waals surface area contributed by atoms with Crippen molar-refractivity contribution in [3.63, 3.8) is 0 Å². The van der Waals surface area contributed by atoms with E-state index in [1.54, 1.807) is 5.56 Å². The second-order valence-electron chi connectivity index (χ2n) is 5.43. The molecule has 0 radical (unpaired) electrons. The van der Waals surface area contributed by atoms with Gasteiger partial charge < -0.3 is 0 Å². The molecule has 1 aliphatic carbocycles. The van der Waals surface area contributed by atoms with Gasteiger partial charge in [-0.25, -0.2) is 0 Å². The lowest BCUT2D eigenvalue weighted by Gasteiger charge is -2.06. The molecule has 0 aliphatic heterocycles. The Morgan fingerprint density at radius 3 is 2.70 bits per heavy atom. The topological polar surface area (TPSA) is 0 Å². The van der Waals surface area contributed by atoms with Crippen LogP contribution in [-0.4, -0.2) is 0 Å². The lowest BCUT2D eigenvalue weighted by molar-refractivity contribution is 1.01. The van der Waals surface area contributed by atoms with E-state index in [1.165, 1.54) is 44.5 Å². The van der Waals surface area contributed by atoms with Crippen LogP contribution in [0.1, 0.15) is 22.4 Å². The van der Waals surface area contributed by atoms with Crippen LogP contribution in [0.3, 0.4) is 0 Å². The Labute approximate surface area is 123 Å². The molecular weight excluding hydrogens is 260 g/mol. The first-order valence-electron chi connectivity index (χ1n) is 7.11. The maximum absolute atomic E-state index is 2.29. The lowest BCUT2D eigenvalue weighted by atomic mass is 9.97. The zero-order valence-electron chi connectivity index (χ0n) is 11.5. The van der Waals surface area contributed by atoms with E-state index in [0.717, 1.165) is 0 Å². The van der Waals surface area contributed by atoms with Crippen LogP contribution in [-0.2, 0) is 6.42 Å². The van der Waals surface area contributed by atoms with Gasteiger partial charge in [-0.05, 0) is 47.9 Å². The normalized spacial score (nSPS) is 13.7. The molecule has 20 heavy (non-hydrogen) atoms. The van der Waals surface area contributed by atoms with Crippen molar-refractivity contribution in [2.75, 3.05) is 0 Å². The zero-order valence-corrected chi connectivity index (χ0v) is 12.3. The van der Waals surface area contributed by atoms with Crippen molar-refractivity contribution < 1.29 is 0 Å². The summed E-state index contributed by atoms with van der Waals surface area (Å²) in [6.45, 7) is 2.14. The largest absolute Gasteiger partial charge is 0.135 e. The maximum atomic E-state index is 2.29. The molecule has 1 aliphatic rings. The van der Waals surface area contributed by atoms with Gasteiger partial charge in [-0.15, -0.1) is 11.3 Å². The van der Waals surface area contributed by atoms with E-state index in [1.807, 2.05) is 11.3 Å². The Hall–Kier alpha value is -1.86. The van der Waals surface area contributed by atoms with Crippen LogP contribution in [0.4, 0.5) is 0 Å². The summed E-state index contributed by atoms with van der Waals surface area (Å²) in [4.78, 5) is 1.45. The van der Waals surface area contributed by atoms with Gasteiger partial charge in [-0.3, -0.25) is 0 Å². The summed E-state index contributed by atoms with van der Waals surface area (Å²) < 4.78 is 1.44. The molecule has 0 bridgehead atoms. The van der Waals surface area contributed by atoms with Gasteiger partial charge in [-0.2, -0.15) is 0 Å². The summed E-state index contributed by atoms with van der Waals surface area (Å²) in [5.74, 6) is 0. The first-order valence-corrected chi connectivity index (χ1v) is 7.92. The van der Waals surface area contributed by atoms with Crippen LogP contribution in [0.2, 0.25) is 0 Å². The third kappa shape index (κ3) is 1.82. The highest BCUT2D eigenvalue weighted by Gasteiger charge is 2.15. The molecule has 1 heterocycles. The van der Waals surface area contributed by atoms with Crippen LogP contribution < -0.4 is 0 Å². The molecule has 0 spiro atoms. The molecule has 0 saturated heterocycles. The van der Waals surface area contributed by atoms with E-state index in [9.17, 15) is 0 Å². The summed E-state index contributed by atoms with van der Waals surface area (Å²) in [6.07, 6.45) is 6.95. The molecule has 0 saturated carbocycles. The minimum atomic E-state index is 1.17. The summed E-state index contributed by atoms with van der Waals surface area (Å²) >= 11 is 1.94. The molecule has 0 nitrogen and oxygen atoms in total. The van der Waals surface area contributed by atoms with Gasteiger partial charge in [-0.1, -0.05) is 54.1 Å². The SMILES string of the molecule is Cc1ccc(-c2cccc3c4c(sc23)C=CCC4)cc1. The molecule has 0 N–H and O–H groups in total. The van der Waals surface area contributed by atoms with Crippen LogP contribution in [0.25, 0.3) is 27.3 Å². The lowest BCUT2D eigenvalue weighted by Crippen LogP contribution is -1.88. The minimum Gasteiger partial charge on any atom is -0.135 e. The van der Waals surface area contributed by atoms with Gasteiger partial charge in [0.2, 0.25) is 0 Å². The summed E-state index contributed by atoms with van der Waals surface area (Å²) in [5, 5.41) is 1.45. The smallest absolute Gasteiger partial charge is 0.0430 e. The van der Waals surface area contributed by atoms with Crippen LogP contribution in [0.15, 0.2) is 48.5 Å². The second-order valence-corrected chi connectivity index (χ2v) is 6.49. The van der Waals surface area contributed by atoms with Crippen molar-refractivity contribution >= 4 is 27.5 Å². The molecule has 3 aromatic rings. The van der Waals surface area contributed by atoms with Crippen molar-refractivity contribution in [1.82, 2.24) is 0 Å². The fourth-order valence-electron chi connectivity index (χ4n) is 2.96. The number of hydrogen-bond donors (Lipinski definition) is 0. The minimum absolute atomic E-state index is 1.17. The number of allylic oxidation sites excluding steroid dienone is 1. The van der Waals surface area contributed by atoms with Gasteiger partial charge in [0.15, 0.2) is 0 Å². The highest BCUT2D eigenvalue weighted by molar-refractivity contribution is 7.20. The van der Waals surface area contributed by atoms with E-state index in [-0.39, 0.29) is 0 Å². The van der Waals surface area contributed by atoms with Crippen LogP contribution >= 0.6 is 11.3 Å². The van der Waals surface area contributed by atoms with Crippen molar-refractivity contribution in [3.05, 3.63) is 64.5 Å². The summed E-state index contributed by atoms with van der Waals surface area (Å²) in [5.41, 5.74) is 5.55. The van der Waals surface area contributed by atoms with E-state index in [0.29, 0.717) is 0 Å². The number of rotatable bonds is 1. The van der Waals surface area contributed by atoms with Gasteiger partial charge in [0, 0.05) is 9.58 Å². The predicted octanol–water partition coefficient (Wildman–Crippen LogP) is 5.84. The quantitative estimate of drug-likeness (QED) is 0.524. The van der Waals surface area contributed by atoms with E-state index < -0.39 is 0 Å². The Morgan fingerprint density at radius 1 is 1.00 bits per heavy atom. The van der Waals surface area contributed by atoms with Crippen LogP contribution in [0, 0.1) is 6.92 Å². The number of fused-ring (bicyclic) bond motifs is 3. The Kier molecular flexibility index (Phi) is 2.75. The number of aryl methyl sites for hydroxylation is 2. The molecule has 98 valence electrons. The summed E-state index contributed by atoms with van der Waals surface area (Å²) in [7, 11) is 0. The Bertz CT molecular complexity index is 804. The molecule has 0 fully saturated rings. The molecular formula is C19H16S. The zero-order chi connectivity index (χ0) is 13.5. The van der Waals surface area contributed by atoms with E-state index in [2.05, 4.69) is 61.5 Å². The molecule has 2 aromatic carbocycles. The van der Waals surface area contributed by atoms with E-state index >= 15 is 0 Å². The number of thiophene rings is 1. The molecule has 1 heteroatoms. The Balaban J connectivity index is 1.98. The number of benzene rings is 2. The average Bonchev–Trinajstić information content (AvgIpc) is 2.87. The molecule has 0 atom stereocenters. The van der Waals surface area contributed by atoms with E-state index in [4.69, 9.17) is 0 Å². The fourth-order valence-corrected chi connectivity index (χ4v) is 4.28. The highest BCUT2D eigenvalue weighted by Crippen LogP contribution is 2.40. The third-order valence-electron chi connectivity index (χ3n) is 4.04. The van der Waals surface area contributed by atoms with Crippen molar-refractivity contribution in [2.45, 2.75) is 19.8 Å². The van der Waals surface area contributed by atoms with Gasteiger partial charge in [0.05, 0.1) is 0 Å². The van der Waals surface area contributed by atoms with Crippen LogP contribution in [0.5, 0.6) is 0 Å². The average molecular weight is 276 g/mol.